The summed E-state index contributed by atoms with van der Waals surface area (Å²) in [6.07, 6.45) is 2.76. The van der Waals surface area contributed by atoms with Crippen LogP contribution in [0.1, 0.15) is 25.6 Å². The third-order valence-electron chi connectivity index (χ3n) is 2.94. The van der Waals surface area contributed by atoms with Crippen LogP contribution in [0.3, 0.4) is 0 Å². The van der Waals surface area contributed by atoms with Crippen molar-refractivity contribution < 1.29 is 23.9 Å². The van der Waals surface area contributed by atoms with Crippen LogP contribution in [0, 0.1) is 0 Å². The highest BCUT2D eigenvalue weighted by molar-refractivity contribution is 9.11. The van der Waals surface area contributed by atoms with Crippen LogP contribution in [-0.2, 0) is 14.3 Å². The van der Waals surface area contributed by atoms with Crippen LogP contribution in [0.25, 0.3) is 6.08 Å². The summed E-state index contributed by atoms with van der Waals surface area (Å²) < 4.78 is 10.4. The molecule has 0 saturated heterocycles. The molecule has 0 saturated carbocycles. The molecular weight excluding hydrogens is 396 g/mol. The van der Waals surface area contributed by atoms with Gasteiger partial charge in [-0.15, -0.1) is 11.3 Å². The molecule has 0 aliphatic carbocycles. The Hall–Kier alpha value is -2.25. The average Bonchev–Trinajstić information content (AvgIpc) is 3.04. The molecule has 1 aromatic heterocycles. The number of carbonyl (C=O) groups excluding carboxylic acids is 3. The van der Waals surface area contributed by atoms with Gasteiger partial charge in [0.1, 0.15) is 0 Å². The van der Waals surface area contributed by atoms with Crippen molar-refractivity contribution in [3.05, 3.63) is 62.3 Å². The van der Waals surface area contributed by atoms with Gasteiger partial charge in [0.2, 0.25) is 5.78 Å². The van der Waals surface area contributed by atoms with Gasteiger partial charge >= 0.3 is 11.9 Å². The van der Waals surface area contributed by atoms with E-state index in [4.69, 9.17) is 4.74 Å². The highest BCUT2D eigenvalue weighted by Crippen LogP contribution is 2.22. The molecule has 5 nitrogen and oxygen atoms in total. The van der Waals surface area contributed by atoms with Gasteiger partial charge in [-0.25, -0.2) is 9.59 Å². The molecule has 7 heteroatoms. The second-order valence-corrected chi connectivity index (χ2v) is 7.04. The lowest BCUT2D eigenvalue weighted by Crippen LogP contribution is -2.11. The van der Waals surface area contributed by atoms with Crippen LogP contribution < -0.4 is 0 Å². The average molecular weight is 409 g/mol. The van der Waals surface area contributed by atoms with Gasteiger partial charge in [0.15, 0.2) is 6.61 Å². The minimum Gasteiger partial charge on any atom is -0.465 e. The molecule has 0 unspecified atom stereocenters. The molecule has 0 atom stereocenters. The quantitative estimate of drug-likeness (QED) is 0.413. The number of thiophene rings is 1. The zero-order valence-electron chi connectivity index (χ0n) is 12.7. The molecule has 0 radical (unpaired) electrons. The predicted octanol–water partition coefficient (Wildman–Crippen LogP) is 3.74. The number of benzene rings is 1. The molecule has 0 aliphatic heterocycles. The van der Waals surface area contributed by atoms with E-state index in [0.29, 0.717) is 16.0 Å². The molecule has 0 bridgehead atoms. The summed E-state index contributed by atoms with van der Waals surface area (Å²) in [6, 6.07) is 9.96. The number of methoxy groups -OCH3 is 1. The molecule has 0 spiro atoms. The van der Waals surface area contributed by atoms with E-state index in [9.17, 15) is 14.4 Å². The Morgan fingerprint density at radius 3 is 2.42 bits per heavy atom. The molecule has 2 rings (SSSR count). The van der Waals surface area contributed by atoms with E-state index in [2.05, 4.69) is 20.7 Å². The zero-order chi connectivity index (χ0) is 17.5. The number of hydrogen-bond donors (Lipinski definition) is 0. The molecule has 0 N–H and O–H groups in total. The van der Waals surface area contributed by atoms with E-state index in [-0.39, 0.29) is 12.4 Å². The lowest BCUT2D eigenvalue weighted by molar-refractivity contribution is -0.136. The van der Waals surface area contributed by atoms with Crippen molar-refractivity contribution in [2.24, 2.45) is 0 Å². The largest absolute Gasteiger partial charge is 0.465 e. The molecule has 0 fully saturated rings. The molecule has 1 heterocycles. The van der Waals surface area contributed by atoms with Gasteiger partial charge in [-0.2, -0.15) is 0 Å². The third-order valence-corrected chi connectivity index (χ3v) is 4.60. The Balaban J connectivity index is 1.86. The summed E-state index contributed by atoms with van der Waals surface area (Å²) in [5.41, 5.74) is 1.14. The van der Waals surface area contributed by atoms with Gasteiger partial charge in [0, 0.05) is 6.08 Å². The SMILES string of the molecule is COC(=O)c1ccc(/C=C\C(=O)OCC(=O)c2ccc(Br)s2)cc1. The van der Waals surface area contributed by atoms with Crippen molar-refractivity contribution in [2.75, 3.05) is 13.7 Å². The van der Waals surface area contributed by atoms with Crippen LogP contribution in [0.15, 0.2) is 46.3 Å². The van der Waals surface area contributed by atoms with Gasteiger partial charge < -0.3 is 9.47 Å². The highest BCUT2D eigenvalue weighted by atomic mass is 79.9. The molecule has 124 valence electrons. The number of rotatable bonds is 6. The molecule has 2 aromatic rings. The molecule has 24 heavy (non-hydrogen) atoms. The van der Waals surface area contributed by atoms with Crippen molar-refractivity contribution in [1.29, 1.82) is 0 Å². The Labute approximate surface area is 151 Å². The number of esters is 2. The summed E-state index contributed by atoms with van der Waals surface area (Å²) >= 11 is 4.55. The van der Waals surface area contributed by atoms with E-state index < -0.39 is 11.9 Å². The van der Waals surface area contributed by atoms with E-state index in [1.54, 1.807) is 36.4 Å². The fourth-order valence-corrected chi connectivity index (χ4v) is 3.04. The second kappa shape index (κ2) is 8.56. The maximum absolute atomic E-state index is 11.8. The topological polar surface area (TPSA) is 69.7 Å². The summed E-state index contributed by atoms with van der Waals surface area (Å²) in [4.78, 5) is 35.3. The Kier molecular flexibility index (Phi) is 6.45. The maximum Gasteiger partial charge on any atom is 0.337 e. The normalized spacial score (nSPS) is 10.6. The Morgan fingerprint density at radius 1 is 1.12 bits per heavy atom. The zero-order valence-corrected chi connectivity index (χ0v) is 15.1. The minimum atomic E-state index is -0.615. The first kappa shape index (κ1) is 18.1. The van der Waals surface area contributed by atoms with Crippen LogP contribution >= 0.6 is 27.3 Å². The minimum absolute atomic E-state index is 0.255. The van der Waals surface area contributed by atoms with Crippen molar-refractivity contribution >= 4 is 51.1 Å². The standard InChI is InChI=1S/C17H13BrO5S/c1-22-17(21)12-5-2-11(3-6-12)4-9-16(20)23-10-13(19)14-7-8-15(18)24-14/h2-9H,10H2,1H3/b9-4-. The highest BCUT2D eigenvalue weighted by Gasteiger charge is 2.10. The second-order valence-electron chi connectivity index (χ2n) is 4.58. The number of ether oxygens (including phenoxy) is 2. The van der Waals surface area contributed by atoms with E-state index >= 15 is 0 Å². The molecule has 1 aromatic carbocycles. The predicted molar refractivity (Wildman–Crippen MR) is 94.1 cm³/mol. The van der Waals surface area contributed by atoms with Crippen LogP contribution in [0.5, 0.6) is 0 Å². The lowest BCUT2D eigenvalue weighted by Gasteiger charge is -2.00. The van der Waals surface area contributed by atoms with Crippen LogP contribution in [0.4, 0.5) is 0 Å². The van der Waals surface area contributed by atoms with Crippen molar-refractivity contribution in [3.63, 3.8) is 0 Å². The maximum atomic E-state index is 11.8. The number of Topliss-reactive ketones (excluding diaryl/α,β-unsaturated/α-hetero) is 1. The fourth-order valence-electron chi connectivity index (χ4n) is 1.73. The van der Waals surface area contributed by atoms with Crippen molar-refractivity contribution in [1.82, 2.24) is 0 Å². The number of ketones is 1. The number of carbonyl (C=O) groups is 3. The van der Waals surface area contributed by atoms with Gasteiger partial charge in [-0.1, -0.05) is 12.1 Å². The van der Waals surface area contributed by atoms with Gasteiger partial charge in [-0.05, 0) is 51.8 Å². The van der Waals surface area contributed by atoms with E-state index in [1.807, 2.05) is 0 Å². The first-order chi connectivity index (χ1) is 11.5. The summed E-state index contributed by atoms with van der Waals surface area (Å²) in [7, 11) is 1.31. The number of halogens is 1. The lowest BCUT2D eigenvalue weighted by atomic mass is 10.1. The number of hydrogen-bond acceptors (Lipinski definition) is 6. The first-order valence-corrected chi connectivity index (χ1v) is 8.42. The fraction of sp³-hybridized carbons (Fsp3) is 0.118. The van der Waals surface area contributed by atoms with E-state index in [0.717, 1.165) is 3.79 Å². The summed E-state index contributed by atoms with van der Waals surface area (Å²) in [6.45, 7) is -0.308. The third kappa shape index (κ3) is 5.14. The summed E-state index contributed by atoms with van der Waals surface area (Å²) in [5, 5.41) is 0. The van der Waals surface area contributed by atoms with Crippen molar-refractivity contribution in [2.45, 2.75) is 0 Å². The van der Waals surface area contributed by atoms with Crippen LogP contribution in [0.2, 0.25) is 0 Å². The Morgan fingerprint density at radius 2 is 1.83 bits per heavy atom. The molecular formula is C17H13BrO5S. The molecule has 0 amide bonds. The van der Waals surface area contributed by atoms with Gasteiger partial charge in [-0.3, -0.25) is 4.79 Å². The van der Waals surface area contributed by atoms with Gasteiger partial charge in [0.05, 0.1) is 21.3 Å². The van der Waals surface area contributed by atoms with Gasteiger partial charge in [0.25, 0.3) is 0 Å². The Bertz CT molecular complexity index is 777. The summed E-state index contributed by atoms with van der Waals surface area (Å²) in [5.74, 6) is -1.30. The first-order valence-electron chi connectivity index (χ1n) is 6.81. The van der Waals surface area contributed by atoms with Crippen molar-refractivity contribution in [3.8, 4) is 0 Å². The smallest absolute Gasteiger partial charge is 0.337 e. The van der Waals surface area contributed by atoms with Crippen LogP contribution in [-0.4, -0.2) is 31.4 Å². The monoisotopic (exact) mass is 408 g/mol. The van der Waals surface area contributed by atoms with E-state index in [1.165, 1.54) is 30.6 Å². The molecule has 0 aliphatic rings.